The van der Waals surface area contributed by atoms with Gasteiger partial charge in [0.1, 0.15) is 0 Å². The maximum absolute atomic E-state index is 5.77. The van der Waals surface area contributed by atoms with Gasteiger partial charge >= 0.3 is 0 Å². The number of hydrogen-bond donors (Lipinski definition) is 2. The number of nitrogens with two attached hydrogens (primary N) is 1. The molecule has 0 spiro atoms. The maximum Gasteiger partial charge on any atom is 0.188 e. The molecule has 1 rings (SSSR count). The van der Waals surface area contributed by atoms with Crippen LogP contribution < -0.4 is 11.1 Å². The smallest absolute Gasteiger partial charge is 0.188 e. The van der Waals surface area contributed by atoms with E-state index in [1.807, 2.05) is 0 Å². The average Bonchev–Trinajstić information content (AvgIpc) is 2.25. The molecule has 1 fully saturated rings. The van der Waals surface area contributed by atoms with Gasteiger partial charge in [0.2, 0.25) is 0 Å². The van der Waals surface area contributed by atoms with Gasteiger partial charge in [0.15, 0.2) is 5.96 Å². The van der Waals surface area contributed by atoms with Crippen LogP contribution in [0.15, 0.2) is 4.99 Å². The van der Waals surface area contributed by atoms with E-state index in [0.717, 1.165) is 19.0 Å². The van der Waals surface area contributed by atoms with E-state index in [-0.39, 0.29) is 0 Å². The molecular formula is C11H23N3S. The Balaban J connectivity index is 2.14. The van der Waals surface area contributed by atoms with Crippen LogP contribution in [0.25, 0.3) is 0 Å². The van der Waals surface area contributed by atoms with Crippen molar-refractivity contribution in [3.63, 3.8) is 0 Å². The third kappa shape index (κ3) is 5.92. The molecule has 4 heteroatoms. The Bertz CT molecular complexity index is 198. The summed E-state index contributed by atoms with van der Waals surface area (Å²) in [6.07, 6.45) is 2.68. The summed E-state index contributed by atoms with van der Waals surface area (Å²) in [5.74, 6) is 4.56. The first-order chi connectivity index (χ1) is 7.18. The van der Waals surface area contributed by atoms with E-state index in [2.05, 4.69) is 35.9 Å². The largest absolute Gasteiger partial charge is 0.370 e. The highest BCUT2D eigenvalue weighted by molar-refractivity contribution is 7.99. The van der Waals surface area contributed by atoms with Crippen molar-refractivity contribution in [1.29, 1.82) is 0 Å². The highest BCUT2D eigenvalue weighted by Gasteiger charge is 2.13. The zero-order valence-corrected chi connectivity index (χ0v) is 10.6. The van der Waals surface area contributed by atoms with E-state index in [4.69, 9.17) is 5.73 Å². The monoisotopic (exact) mass is 229 g/mol. The predicted octanol–water partition coefficient (Wildman–Crippen LogP) is 1.69. The molecule has 1 unspecified atom stereocenters. The van der Waals surface area contributed by atoms with Crippen molar-refractivity contribution in [2.24, 2.45) is 22.6 Å². The van der Waals surface area contributed by atoms with Gasteiger partial charge < -0.3 is 11.1 Å². The number of aliphatic imine (C=N–C) groups is 1. The fraction of sp³-hybridized carbons (Fsp3) is 0.909. The summed E-state index contributed by atoms with van der Waals surface area (Å²) >= 11 is 2.05. The molecule has 1 aliphatic heterocycles. The zero-order chi connectivity index (χ0) is 11.1. The van der Waals surface area contributed by atoms with Crippen LogP contribution in [0, 0.1) is 11.8 Å². The molecule has 88 valence electrons. The predicted molar refractivity (Wildman–Crippen MR) is 69.4 cm³/mol. The van der Waals surface area contributed by atoms with Crippen LogP contribution in [0.4, 0.5) is 0 Å². The quantitative estimate of drug-likeness (QED) is 0.570. The highest BCUT2D eigenvalue weighted by atomic mass is 32.2. The third-order valence-corrected chi connectivity index (χ3v) is 3.74. The molecule has 0 aromatic rings. The van der Waals surface area contributed by atoms with E-state index in [0.29, 0.717) is 11.9 Å². The molecule has 1 saturated heterocycles. The van der Waals surface area contributed by atoms with E-state index in [1.165, 1.54) is 24.3 Å². The highest BCUT2D eigenvalue weighted by Crippen LogP contribution is 2.21. The second-order valence-corrected chi connectivity index (χ2v) is 5.73. The average molecular weight is 229 g/mol. The first kappa shape index (κ1) is 12.7. The Labute approximate surface area is 97.3 Å². The molecule has 0 saturated carbocycles. The minimum atomic E-state index is 0.579. The number of nitrogens with zero attached hydrogens (tertiary/aromatic N) is 1. The van der Waals surface area contributed by atoms with Crippen LogP contribution in [0.5, 0.6) is 0 Å². The van der Waals surface area contributed by atoms with Crippen LogP contribution in [0.1, 0.15) is 26.7 Å². The lowest BCUT2D eigenvalue weighted by Gasteiger charge is -2.21. The van der Waals surface area contributed by atoms with Gasteiger partial charge in [-0.2, -0.15) is 11.8 Å². The molecule has 1 atom stereocenters. The standard InChI is InChI=1S/C11H23N3S/c1-9(2)6-13-11(12)14-7-10-4-3-5-15-8-10/h9-10H,3-8H2,1-2H3,(H3,12,13,14). The van der Waals surface area contributed by atoms with Crippen molar-refractivity contribution in [3.05, 3.63) is 0 Å². The molecule has 1 aliphatic rings. The molecule has 0 amide bonds. The number of hydrogen-bond acceptors (Lipinski definition) is 2. The van der Waals surface area contributed by atoms with Gasteiger partial charge in [-0.25, -0.2) is 0 Å². The second-order valence-electron chi connectivity index (χ2n) is 4.58. The maximum atomic E-state index is 5.77. The molecule has 0 bridgehead atoms. The van der Waals surface area contributed by atoms with Gasteiger partial charge in [-0.3, -0.25) is 4.99 Å². The van der Waals surface area contributed by atoms with E-state index in [9.17, 15) is 0 Å². The lowest BCUT2D eigenvalue weighted by atomic mass is 10.1. The van der Waals surface area contributed by atoms with E-state index < -0.39 is 0 Å². The van der Waals surface area contributed by atoms with Crippen LogP contribution >= 0.6 is 11.8 Å². The van der Waals surface area contributed by atoms with Crippen molar-refractivity contribution in [3.8, 4) is 0 Å². The number of guanidine groups is 1. The topological polar surface area (TPSA) is 50.4 Å². The van der Waals surface area contributed by atoms with E-state index >= 15 is 0 Å². The molecule has 15 heavy (non-hydrogen) atoms. The van der Waals surface area contributed by atoms with Crippen LogP contribution in [0.2, 0.25) is 0 Å². The second kappa shape index (κ2) is 6.99. The lowest BCUT2D eigenvalue weighted by molar-refractivity contribution is 0.512. The van der Waals surface area contributed by atoms with Gasteiger partial charge in [-0.1, -0.05) is 13.8 Å². The summed E-state index contributed by atoms with van der Waals surface area (Å²) in [7, 11) is 0. The molecule has 0 aliphatic carbocycles. The molecule has 0 radical (unpaired) electrons. The molecule has 0 aromatic carbocycles. The van der Waals surface area contributed by atoms with Gasteiger partial charge in [0.25, 0.3) is 0 Å². The zero-order valence-electron chi connectivity index (χ0n) is 9.83. The minimum absolute atomic E-state index is 0.579. The SMILES string of the molecule is CC(C)CN=C(N)NCC1CCCSC1. The van der Waals surface area contributed by atoms with Crippen molar-refractivity contribution >= 4 is 17.7 Å². The van der Waals surface area contributed by atoms with Gasteiger partial charge in [0, 0.05) is 13.1 Å². The summed E-state index contributed by atoms with van der Waals surface area (Å²) < 4.78 is 0. The minimum Gasteiger partial charge on any atom is -0.370 e. The summed E-state index contributed by atoms with van der Waals surface area (Å²) in [4.78, 5) is 4.28. The van der Waals surface area contributed by atoms with Crippen molar-refractivity contribution in [2.45, 2.75) is 26.7 Å². The molecule has 0 aromatic heterocycles. The van der Waals surface area contributed by atoms with Crippen LogP contribution in [0.3, 0.4) is 0 Å². The number of thioether (sulfide) groups is 1. The summed E-state index contributed by atoms with van der Waals surface area (Å²) in [6.45, 7) is 6.10. The van der Waals surface area contributed by atoms with Gasteiger partial charge in [-0.15, -0.1) is 0 Å². The van der Waals surface area contributed by atoms with Crippen LogP contribution in [-0.2, 0) is 0 Å². The molecular weight excluding hydrogens is 206 g/mol. The summed E-state index contributed by atoms with van der Waals surface area (Å²) in [5, 5.41) is 3.22. The molecule has 3 nitrogen and oxygen atoms in total. The van der Waals surface area contributed by atoms with Crippen LogP contribution in [-0.4, -0.2) is 30.6 Å². The third-order valence-electron chi connectivity index (χ3n) is 2.45. The molecule has 1 heterocycles. The van der Waals surface area contributed by atoms with Crippen molar-refractivity contribution < 1.29 is 0 Å². The Morgan fingerprint density at radius 3 is 3.00 bits per heavy atom. The Morgan fingerprint density at radius 1 is 1.60 bits per heavy atom. The fourth-order valence-corrected chi connectivity index (χ4v) is 2.71. The Hall–Kier alpha value is -0.380. The lowest BCUT2D eigenvalue weighted by Crippen LogP contribution is -2.37. The van der Waals surface area contributed by atoms with Crippen molar-refractivity contribution in [2.75, 3.05) is 24.6 Å². The number of nitrogens with one attached hydrogen (secondary N) is 1. The van der Waals surface area contributed by atoms with Gasteiger partial charge in [0.05, 0.1) is 0 Å². The summed E-state index contributed by atoms with van der Waals surface area (Å²) in [5.41, 5.74) is 5.77. The first-order valence-electron chi connectivity index (χ1n) is 5.80. The van der Waals surface area contributed by atoms with Gasteiger partial charge in [-0.05, 0) is 36.2 Å². The summed E-state index contributed by atoms with van der Waals surface area (Å²) in [6, 6.07) is 0. The fourth-order valence-electron chi connectivity index (χ4n) is 1.55. The normalized spacial score (nSPS) is 23.1. The Morgan fingerprint density at radius 2 is 2.40 bits per heavy atom. The molecule has 3 N–H and O–H groups in total. The number of rotatable bonds is 4. The first-order valence-corrected chi connectivity index (χ1v) is 6.95. The van der Waals surface area contributed by atoms with Crippen molar-refractivity contribution in [1.82, 2.24) is 5.32 Å². The van der Waals surface area contributed by atoms with E-state index in [1.54, 1.807) is 0 Å². The Kier molecular flexibility index (Phi) is 5.91.